The summed E-state index contributed by atoms with van der Waals surface area (Å²) in [6, 6.07) is 10.9. The summed E-state index contributed by atoms with van der Waals surface area (Å²) in [7, 11) is 2.22. The second-order valence-electron chi connectivity index (χ2n) is 4.77. The predicted molar refractivity (Wildman–Crippen MR) is 60.5 cm³/mol. The van der Waals surface area contributed by atoms with Gasteiger partial charge in [0.05, 0.1) is 0 Å². The molecule has 0 aliphatic carbocycles. The van der Waals surface area contributed by atoms with E-state index in [0.29, 0.717) is 5.41 Å². The third kappa shape index (κ3) is 1.83. The lowest BCUT2D eigenvalue weighted by Crippen LogP contribution is -2.42. The van der Waals surface area contributed by atoms with E-state index >= 15 is 0 Å². The van der Waals surface area contributed by atoms with Crippen LogP contribution in [0.3, 0.4) is 0 Å². The summed E-state index contributed by atoms with van der Waals surface area (Å²) in [6.07, 6.45) is 2.64. The Morgan fingerprint density at radius 2 is 1.93 bits per heavy atom. The molecule has 1 heterocycles. The van der Waals surface area contributed by atoms with Gasteiger partial charge in [-0.25, -0.2) is 0 Å². The van der Waals surface area contributed by atoms with Crippen molar-refractivity contribution in [2.75, 3.05) is 20.1 Å². The largest absolute Gasteiger partial charge is 0.305 e. The predicted octanol–water partition coefficient (Wildman–Crippen LogP) is 2.67. The molecule has 1 fully saturated rings. The number of rotatable bonds is 1. The standard InChI is InChI=1S/C13H19N/c1-13(9-6-10-14(2)11-13)12-7-4-3-5-8-12/h3-5,7-8H,6,9-11H2,1-2H3/t13-/m0/s1. The Hall–Kier alpha value is -0.820. The van der Waals surface area contributed by atoms with Crippen LogP contribution in [0.25, 0.3) is 0 Å². The van der Waals surface area contributed by atoms with Crippen LogP contribution in [0.2, 0.25) is 0 Å². The Kier molecular flexibility index (Phi) is 2.60. The summed E-state index contributed by atoms with van der Waals surface area (Å²) < 4.78 is 0. The molecule has 0 amide bonds. The fraction of sp³-hybridized carbons (Fsp3) is 0.538. The Morgan fingerprint density at radius 1 is 1.21 bits per heavy atom. The minimum Gasteiger partial charge on any atom is -0.305 e. The van der Waals surface area contributed by atoms with E-state index in [0.717, 1.165) is 0 Å². The lowest BCUT2D eigenvalue weighted by Gasteiger charge is -2.39. The van der Waals surface area contributed by atoms with Gasteiger partial charge in [-0.3, -0.25) is 0 Å². The van der Waals surface area contributed by atoms with Crippen LogP contribution in [-0.4, -0.2) is 25.0 Å². The molecule has 76 valence electrons. The van der Waals surface area contributed by atoms with Crippen LogP contribution in [0.5, 0.6) is 0 Å². The summed E-state index contributed by atoms with van der Waals surface area (Å²) in [4.78, 5) is 2.44. The van der Waals surface area contributed by atoms with Crippen molar-refractivity contribution in [3.8, 4) is 0 Å². The monoisotopic (exact) mass is 189 g/mol. The molecule has 1 nitrogen and oxygen atoms in total. The third-order valence-corrected chi connectivity index (χ3v) is 3.36. The van der Waals surface area contributed by atoms with Crippen molar-refractivity contribution >= 4 is 0 Å². The van der Waals surface area contributed by atoms with E-state index in [2.05, 4.69) is 49.2 Å². The topological polar surface area (TPSA) is 3.24 Å². The number of benzene rings is 1. The first-order valence-corrected chi connectivity index (χ1v) is 5.45. The van der Waals surface area contributed by atoms with E-state index in [9.17, 15) is 0 Å². The van der Waals surface area contributed by atoms with E-state index in [-0.39, 0.29) is 0 Å². The molecule has 2 rings (SSSR count). The zero-order valence-electron chi connectivity index (χ0n) is 9.16. The van der Waals surface area contributed by atoms with E-state index < -0.39 is 0 Å². The van der Waals surface area contributed by atoms with E-state index in [4.69, 9.17) is 0 Å². The molecule has 1 aromatic carbocycles. The van der Waals surface area contributed by atoms with E-state index in [1.165, 1.54) is 31.5 Å². The second-order valence-corrected chi connectivity index (χ2v) is 4.77. The van der Waals surface area contributed by atoms with Crippen molar-refractivity contribution in [2.24, 2.45) is 0 Å². The molecule has 0 spiro atoms. The number of likely N-dealkylation sites (N-methyl/N-ethyl adjacent to an activating group) is 1. The van der Waals surface area contributed by atoms with Crippen molar-refractivity contribution in [1.82, 2.24) is 4.90 Å². The Morgan fingerprint density at radius 3 is 2.57 bits per heavy atom. The smallest absolute Gasteiger partial charge is 0.00729 e. The van der Waals surface area contributed by atoms with Gasteiger partial charge in [0.25, 0.3) is 0 Å². The maximum absolute atomic E-state index is 2.44. The third-order valence-electron chi connectivity index (χ3n) is 3.36. The van der Waals surface area contributed by atoms with Gasteiger partial charge in [0.1, 0.15) is 0 Å². The highest BCUT2D eigenvalue weighted by Crippen LogP contribution is 2.32. The van der Waals surface area contributed by atoms with Gasteiger partial charge in [-0.1, -0.05) is 37.3 Å². The summed E-state index contributed by atoms with van der Waals surface area (Å²) in [6.45, 7) is 4.83. The Bertz CT molecular complexity index is 293. The number of hydrogen-bond acceptors (Lipinski definition) is 1. The lowest BCUT2D eigenvalue weighted by atomic mass is 9.76. The quantitative estimate of drug-likeness (QED) is 0.656. The van der Waals surface area contributed by atoms with Crippen LogP contribution in [0.1, 0.15) is 25.3 Å². The van der Waals surface area contributed by atoms with Crippen LogP contribution in [0.4, 0.5) is 0 Å². The maximum Gasteiger partial charge on any atom is 0.00729 e. The van der Waals surface area contributed by atoms with Crippen molar-refractivity contribution in [1.29, 1.82) is 0 Å². The first kappa shape index (κ1) is 9.72. The molecule has 1 aromatic rings. The minimum absolute atomic E-state index is 0.369. The molecule has 0 bridgehead atoms. The molecule has 1 aliphatic rings. The summed E-state index contributed by atoms with van der Waals surface area (Å²) in [5, 5.41) is 0. The fourth-order valence-corrected chi connectivity index (χ4v) is 2.57. The zero-order chi connectivity index (χ0) is 10.0. The van der Waals surface area contributed by atoms with Crippen LogP contribution in [-0.2, 0) is 5.41 Å². The molecule has 0 saturated carbocycles. The van der Waals surface area contributed by atoms with Gasteiger partial charge in [0.2, 0.25) is 0 Å². The molecular formula is C13H19N. The van der Waals surface area contributed by atoms with Gasteiger partial charge >= 0.3 is 0 Å². The highest BCUT2D eigenvalue weighted by Gasteiger charge is 2.30. The minimum atomic E-state index is 0.369. The maximum atomic E-state index is 2.44. The van der Waals surface area contributed by atoms with Crippen molar-refractivity contribution in [2.45, 2.75) is 25.2 Å². The summed E-state index contributed by atoms with van der Waals surface area (Å²) in [5.74, 6) is 0. The van der Waals surface area contributed by atoms with Crippen LogP contribution >= 0.6 is 0 Å². The Labute approximate surface area is 86.7 Å². The first-order valence-electron chi connectivity index (χ1n) is 5.45. The average molecular weight is 189 g/mol. The highest BCUT2D eigenvalue weighted by atomic mass is 15.1. The number of nitrogens with zero attached hydrogens (tertiary/aromatic N) is 1. The number of hydrogen-bond donors (Lipinski definition) is 0. The molecule has 14 heavy (non-hydrogen) atoms. The van der Waals surface area contributed by atoms with Crippen molar-refractivity contribution in [3.05, 3.63) is 35.9 Å². The van der Waals surface area contributed by atoms with Crippen LogP contribution in [0.15, 0.2) is 30.3 Å². The Balaban J connectivity index is 2.23. The molecule has 1 saturated heterocycles. The molecule has 1 heteroatoms. The molecule has 0 aromatic heterocycles. The van der Waals surface area contributed by atoms with Crippen molar-refractivity contribution in [3.63, 3.8) is 0 Å². The van der Waals surface area contributed by atoms with Crippen LogP contribution < -0.4 is 0 Å². The fourth-order valence-electron chi connectivity index (χ4n) is 2.57. The molecular weight excluding hydrogens is 170 g/mol. The molecule has 1 atom stereocenters. The van der Waals surface area contributed by atoms with Gasteiger partial charge < -0.3 is 4.90 Å². The second kappa shape index (κ2) is 3.74. The molecule has 0 radical (unpaired) electrons. The average Bonchev–Trinajstić information content (AvgIpc) is 2.19. The molecule has 1 aliphatic heterocycles. The van der Waals surface area contributed by atoms with E-state index in [1.54, 1.807) is 0 Å². The number of piperidine rings is 1. The van der Waals surface area contributed by atoms with Gasteiger partial charge in [0, 0.05) is 12.0 Å². The summed E-state index contributed by atoms with van der Waals surface area (Å²) >= 11 is 0. The summed E-state index contributed by atoms with van der Waals surface area (Å²) in [5.41, 5.74) is 1.86. The SMILES string of the molecule is CN1CCC[C@](C)(c2ccccc2)C1. The van der Waals surface area contributed by atoms with Gasteiger partial charge in [-0.2, -0.15) is 0 Å². The molecule has 0 unspecified atom stereocenters. The first-order chi connectivity index (χ1) is 6.71. The van der Waals surface area contributed by atoms with E-state index in [1.807, 2.05) is 0 Å². The van der Waals surface area contributed by atoms with Gasteiger partial charge in [0.15, 0.2) is 0 Å². The number of likely N-dealkylation sites (tertiary alicyclic amines) is 1. The zero-order valence-corrected chi connectivity index (χ0v) is 9.16. The van der Waals surface area contributed by atoms with Crippen LogP contribution in [0, 0.1) is 0 Å². The van der Waals surface area contributed by atoms with Gasteiger partial charge in [-0.15, -0.1) is 0 Å². The van der Waals surface area contributed by atoms with Crippen molar-refractivity contribution < 1.29 is 0 Å². The normalized spacial score (nSPS) is 29.0. The lowest BCUT2D eigenvalue weighted by molar-refractivity contribution is 0.188. The molecule has 0 N–H and O–H groups in total. The highest BCUT2D eigenvalue weighted by molar-refractivity contribution is 5.25. The van der Waals surface area contributed by atoms with Gasteiger partial charge in [-0.05, 0) is 32.0 Å².